The van der Waals surface area contributed by atoms with Gasteiger partial charge < -0.3 is 10.2 Å². The van der Waals surface area contributed by atoms with E-state index in [1.807, 2.05) is 49.0 Å². The molecule has 3 rings (SSSR count). The van der Waals surface area contributed by atoms with Gasteiger partial charge in [0.2, 0.25) is 5.91 Å². The van der Waals surface area contributed by atoms with E-state index in [1.54, 1.807) is 0 Å². The van der Waals surface area contributed by atoms with Gasteiger partial charge in [-0.2, -0.15) is 0 Å². The number of nitrogens with one attached hydrogen (secondary N) is 1. The second-order valence-corrected chi connectivity index (χ2v) is 7.24. The Kier molecular flexibility index (Phi) is 5.81. The Bertz CT molecular complexity index is 674. The Morgan fingerprint density at radius 2 is 1.92 bits per heavy atom. The number of hydrogen-bond donors (Lipinski definition) is 1. The molecule has 0 aliphatic carbocycles. The Hall–Kier alpha value is -1.94. The number of benzene rings is 2. The van der Waals surface area contributed by atoms with Crippen LogP contribution in [0.5, 0.6) is 0 Å². The van der Waals surface area contributed by atoms with E-state index in [0.29, 0.717) is 6.42 Å². The van der Waals surface area contributed by atoms with Crippen LogP contribution in [0, 0.1) is 0 Å². The quantitative estimate of drug-likeness (QED) is 0.853. The van der Waals surface area contributed by atoms with Crippen LogP contribution in [0.4, 0.5) is 5.69 Å². The summed E-state index contributed by atoms with van der Waals surface area (Å²) in [4.78, 5) is 15.9. The number of nitrogens with zero attached hydrogens (tertiary/aromatic N) is 1. The summed E-state index contributed by atoms with van der Waals surface area (Å²) < 4.78 is 0. The van der Waals surface area contributed by atoms with E-state index in [1.165, 1.54) is 10.6 Å². The molecule has 0 bridgehead atoms. The summed E-state index contributed by atoms with van der Waals surface area (Å²) in [5.74, 6) is 1.25. The molecule has 1 atom stereocenters. The van der Waals surface area contributed by atoms with E-state index in [-0.39, 0.29) is 11.9 Å². The van der Waals surface area contributed by atoms with Crippen molar-refractivity contribution in [1.82, 2.24) is 5.32 Å². The summed E-state index contributed by atoms with van der Waals surface area (Å²) in [5, 5.41) is 3.09. The minimum Gasteiger partial charge on any atom is -0.370 e. The molecule has 1 amide bonds. The summed E-state index contributed by atoms with van der Waals surface area (Å²) in [6, 6.07) is 18.7. The highest BCUT2D eigenvalue weighted by Gasteiger charge is 2.17. The molecule has 1 aliphatic heterocycles. The maximum absolute atomic E-state index is 12.2. The number of carbonyl (C=O) groups excluding carboxylic acids is 1. The van der Waals surface area contributed by atoms with Crippen LogP contribution in [0.25, 0.3) is 0 Å². The lowest BCUT2D eigenvalue weighted by Gasteiger charge is -2.30. The highest BCUT2D eigenvalue weighted by Crippen LogP contribution is 2.34. The Morgan fingerprint density at radius 3 is 2.75 bits per heavy atom. The molecule has 0 radical (unpaired) electrons. The molecule has 24 heavy (non-hydrogen) atoms. The molecule has 0 aromatic heterocycles. The van der Waals surface area contributed by atoms with Gasteiger partial charge in [0.1, 0.15) is 0 Å². The highest BCUT2D eigenvalue weighted by molar-refractivity contribution is 7.99. The van der Waals surface area contributed by atoms with Crippen LogP contribution in [-0.2, 0) is 4.79 Å². The van der Waals surface area contributed by atoms with Gasteiger partial charge in [0.15, 0.2) is 0 Å². The van der Waals surface area contributed by atoms with Gasteiger partial charge >= 0.3 is 0 Å². The van der Waals surface area contributed by atoms with Crippen molar-refractivity contribution < 1.29 is 4.79 Å². The lowest BCUT2D eigenvalue weighted by molar-refractivity contribution is -0.121. The molecule has 126 valence electrons. The number of anilines is 1. The monoisotopic (exact) mass is 340 g/mol. The molecule has 1 heterocycles. The highest BCUT2D eigenvalue weighted by atomic mass is 32.2. The molecule has 2 aromatic carbocycles. The zero-order chi connectivity index (χ0) is 16.8. The standard InChI is InChI=1S/C20H24N2OS/c1-16(17-8-3-2-4-9-17)21-20(23)12-7-13-22-14-15-24-19-11-6-5-10-18(19)22/h2-6,8-11,16H,7,12-15H2,1H3,(H,21,23). The van der Waals surface area contributed by atoms with Crippen LogP contribution in [0.3, 0.4) is 0 Å². The van der Waals surface area contributed by atoms with Crippen LogP contribution < -0.4 is 10.2 Å². The van der Waals surface area contributed by atoms with Crippen molar-refractivity contribution in [3.05, 3.63) is 60.2 Å². The molecule has 0 saturated heterocycles. The number of carbonyl (C=O) groups is 1. The molecule has 3 nitrogen and oxygen atoms in total. The van der Waals surface area contributed by atoms with Crippen molar-refractivity contribution in [2.45, 2.75) is 30.7 Å². The first-order valence-electron chi connectivity index (χ1n) is 8.55. The average molecular weight is 340 g/mol. The zero-order valence-corrected chi connectivity index (χ0v) is 14.9. The predicted octanol–water partition coefficient (Wildman–Crippen LogP) is 4.26. The number of hydrogen-bond acceptors (Lipinski definition) is 3. The van der Waals surface area contributed by atoms with Crippen LogP contribution in [0.1, 0.15) is 31.4 Å². The number of rotatable bonds is 6. The minimum absolute atomic E-state index is 0.0609. The fourth-order valence-corrected chi connectivity index (χ4v) is 4.08. The van der Waals surface area contributed by atoms with Crippen LogP contribution in [0.2, 0.25) is 0 Å². The van der Waals surface area contributed by atoms with E-state index < -0.39 is 0 Å². The normalized spacial score (nSPS) is 14.8. The van der Waals surface area contributed by atoms with Gasteiger partial charge in [-0.25, -0.2) is 0 Å². The van der Waals surface area contributed by atoms with Crippen LogP contribution in [-0.4, -0.2) is 24.7 Å². The fraction of sp³-hybridized carbons (Fsp3) is 0.350. The third-order valence-electron chi connectivity index (χ3n) is 4.33. The van der Waals surface area contributed by atoms with Crippen LogP contribution >= 0.6 is 11.8 Å². The number of thioether (sulfide) groups is 1. The molecule has 0 fully saturated rings. The van der Waals surface area contributed by atoms with Gasteiger partial charge in [-0.1, -0.05) is 42.5 Å². The van der Waals surface area contributed by atoms with Gasteiger partial charge in [0.25, 0.3) is 0 Å². The topological polar surface area (TPSA) is 32.3 Å². The minimum atomic E-state index is 0.0609. The Labute approximate surface area is 148 Å². The second kappa shape index (κ2) is 8.25. The first-order chi connectivity index (χ1) is 11.7. The largest absolute Gasteiger partial charge is 0.370 e. The summed E-state index contributed by atoms with van der Waals surface area (Å²) in [6.45, 7) is 4.03. The summed E-state index contributed by atoms with van der Waals surface area (Å²) in [7, 11) is 0. The average Bonchev–Trinajstić information content (AvgIpc) is 2.62. The van der Waals surface area contributed by atoms with E-state index in [0.717, 1.165) is 30.8 Å². The lowest BCUT2D eigenvalue weighted by Crippen LogP contribution is -2.32. The maximum atomic E-state index is 12.2. The SMILES string of the molecule is CC(NC(=O)CCCN1CCSc2ccccc21)c1ccccc1. The lowest BCUT2D eigenvalue weighted by atomic mass is 10.1. The number of fused-ring (bicyclic) bond motifs is 1. The van der Waals surface area contributed by atoms with E-state index in [2.05, 4.69) is 34.5 Å². The molecule has 1 unspecified atom stereocenters. The molecular weight excluding hydrogens is 316 g/mol. The molecule has 2 aromatic rings. The van der Waals surface area contributed by atoms with E-state index in [4.69, 9.17) is 0 Å². The van der Waals surface area contributed by atoms with Crippen molar-refractivity contribution in [2.75, 3.05) is 23.7 Å². The van der Waals surface area contributed by atoms with Gasteiger partial charge in [0, 0.05) is 30.2 Å². The van der Waals surface area contributed by atoms with E-state index in [9.17, 15) is 4.79 Å². The fourth-order valence-electron chi connectivity index (χ4n) is 3.03. The van der Waals surface area contributed by atoms with Gasteiger partial charge in [-0.05, 0) is 31.0 Å². The molecule has 0 spiro atoms. The van der Waals surface area contributed by atoms with Crippen molar-refractivity contribution >= 4 is 23.4 Å². The van der Waals surface area contributed by atoms with Crippen molar-refractivity contribution in [3.63, 3.8) is 0 Å². The number of amides is 1. The predicted molar refractivity (Wildman–Crippen MR) is 102 cm³/mol. The Balaban J connectivity index is 1.46. The van der Waals surface area contributed by atoms with Gasteiger partial charge in [-0.3, -0.25) is 4.79 Å². The zero-order valence-electron chi connectivity index (χ0n) is 14.1. The molecule has 4 heteroatoms. The molecule has 0 saturated carbocycles. The number of para-hydroxylation sites is 1. The summed E-state index contributed by atoms with van der Waals surface area (Å²) >= 11 is 1.92. The molecular formula is C20H24N2OS. The first kappa shape index (κ1) is 16.9. The van der Waals surface area contributed by atoms with Crippen molar-refractivity contribution in [2.24, 2.45) is 0 Å². The second-order valence-electron chi connectivity index (χ2n) is 6.11. The van der Waals surface area contributed by atoms with Crippen molar-refractivity contribution in [3.8, 4) is 0 Å². The van der Waals surface area contributed by atoms with Gasteiger partial charge in [0.05, 0.1) is 11.7 Å². The third kappa shape index (κ3) is 4.32. The van der Waals surface area contributed by atoms with Crippen molar-refractivity contribution in [1.29, 1.82) is 0 Å². The molecule has 1 N–H and O–H groups in total. The first-order valence-corrected chi connectivity index (χ1v) is 9.53. The van der Waals surface area contributed by atoms with E-state index >= 15 is 0 Å². The maximum Gasteiger partial charge on any atom is 0.220 e. The Morgan fingerprint density at radius 1 is 1.17 bits per heavy atom. The summed E-state index contributed by atoms with van der Waals surface area (Å²) in [6.07, 6.45) is 1.45. The van der Waals surface area contributed by atoms with Gasteiger partial charge in [-0.15, -0.1) is 11.8 Å². The summed E-state index contributed by atoms with van der Waals surface area (Å²) in [5.41, 5.74) is 2.46. The smallest absolute Gasteiger partial charge is 0.220 e. The van der Waals surface area contributed by atoms with Crippen LogP contribution in [0.15, 0.2) is 59.5 Å². The third-order valence-corrected chi connectivity index (χ3v) is 5.38. The molecule has 1 aliphatic rings.